The highest BCUT2D eigenvalue weighted by atomic mass is 16.5. The van der Waals surface area contributed by atoms with E-state index < -0.39 is 64.7 Å². The number of carbonyl (C=O) groups is 6. The first-order valence-corrected chi connectivity index (χ1v) is 19.5. The Morgan fingerprint density at radius 3 is 2.23 bits per heavy atom. The van der Waals surface area contributed by atoms with E-state index in [9.17, 15) is 28.8 Å². The first-order valence-electron chi connectivity index (χ1n) is 19.5. The predicted octanol–water partition coefficient (Wildman–Crippen LogP) is 4.20. The molecule has 6 amide bonds. The summed E-state index contributed by atoms with van der Waals surface area (Å²) in [5.41, 5.74) is -1.22. The number of urea groups is 1. The Morgan fingerprint density at radius 1 is 0.962 bits per heavy atom. The number of likely N-dealkylation sites (tertiary alicyclic amines) is 1. The fourth-order valence-electron chi connectivity index (χ4n) is 8.10. The molecule has 1 heterocycles. The Morgan fingerprint density at radius 2 is 1.63 bits per heavy atom. The Labute approximate surface area is 309 Å². The molecule has 0 radical (unpaired) electrons. The number of hydrogen-bond acceptors (Lipinski definition) is 7. The molecular formula is C39H64N6O7. The highest BCUT2D eigenvalue weighted by Crippen LogP contribution is 2.65. The molecule has 292 valence electrons. The average molecular weight is 729 g/mol. The van der Waals surface area contributed by atoms with Crippen LogP contribution in [0.3, 0.4) is 0 Å². The van der Waals surface area contributed by atoms with Gasteiger partial charge in [-0.1, -0.05) is 86.6 Å². The molecule has 3 aliphatic carbocycles. The van der Waals surface area contributed by atoms with E-state index in [1.165, 1.54) is 6.08 Å². The minimum Gasteiger partial charge on any atom is -0.447 e. The van der Waals surface area contributed by atoms with Gasteiger partial charge in [-0.2, -0.15) is 0 Å². The second-order valence-electron chi connectivity index (χ2n) is 17.6. The zero-order valence-electron chi connectivity index (χ0n) is 32.5. The van der Waals surface area contributed by atoms with Gasteiger partial charge in [0, 0.05) is 19.6 Å². The van der Waals surface area contributed by atoms with Gasteiger partial charge in [-0.15, -0.1) is 6.58 Å². The largest absolute Gasteiger partial charge is 0.447 e. The van der Waals surface area contributed by atoms with Crippen LogP contribution in [0, 0.1) is 34.0 Å². The summed E-state index contributed by atoms with van der Waals surface area (Å²) in [7, 11) is 0. The molecule has 13 nitrogen and oxygen atoms in total. The molecule has 13 heteroatoms. The summed E-state index contributed by atoms with van der Waals surface area (Å²) in [6, 6.07) is -3.90. The molecule has 1 aliphatic heterocycles. The van der Waals surface area contributed by atoms with Crippen molar-refractivity contribution < 1.29 is 33.5 Å². The van der Waals surface area contributed by atoms with Crippen LogP contribution in [0.5, 0.6) is 0 Å². The van der Waals surface area contributed by atoms with Crippen molar-refractivity contribution in [3.63, 3.8) is 0 Å². The van der Waals surface area contributed by atoms with E-state index in [1.807, 2.05) is 34.6 Å². The number of rotatable bonds is 17. The monoisotopic (exact) mass is 728 g/mol. The van der Waals surface area contributed by atoms with Crippen LogP contribution in [0.1, 0.15) is 113 Å². The second kappa shape index (κ2) is 17.0. The molecular weight excluding hydrogens is 664 g/mol. The van der Waals surface area contributed by atoms with Gasteiger partial charge in [0.05, 0.1) is 12.1 Å². The fraction of sp³-hybridized carbons (Fsp3) is 0.795. The highest BCUT2D eigenvalue weighted by Gasteiger charge is 2.70. The van der Waals surface area contributed by atoms with E-state index in [4.69, 9.17) is 4.74 Å². The quantitative estimate of drug-likeness (QED) is 0.110. The fourth-order valence-corrected chi connectivity index (χ4v) is 8.10. The van der Waals surface area contributed by atoms with Crippen molar-refractivity contribution in [2.45, 2.75) is 137 Å². The number of nitrogens with zero attached hydrogens (tertiary/aromatic N) is 1. The highest BCUT2D eigenvalue weighted by molar-refractivity contribution is 6.38. The maximum Gasteiger partial charge on any atom is 0.407 e. The average Bonchev–Trinajstić information content (AvgIpc) is 3.96. The minimum atomic E-state index is -1.03. The maximum atomic E-state index is 14.8. The standard InChI is InChI=1S/C39H64N6O7/c1-9-11-15-26(30(46)33(48)40-20-10-2)42-32(47)29-28-25(38(28,6)7)22-45(29)34(49)31(39(8)18-13-12-14-19-39)44-35(50)43-27(37(3,4)5)23-52-36(51)41-21-24-16-17-24/h10,24-29,31H,2,9,11-23H2,1,3-8H3,(H,40,48)(H,41,51)(H,42,47)(H2,43,44,50)/t25-,26?,27?,28?,29?,31+/m0/s1. The molecule has 4 unspecified atom stereocenters. The van der Waals surface area contributed by atoms with E-state index in [2.05, 4.69) is 47.0 Å². The van der Waals surface area contributed by atoms with Gasteiger partial charge >= 0.3 is 12.1 Å². The molecule has 5 N–H and O–H groups in total. The van der Waals surface area contributed by atoms with Gasteiger partial charge < -0.3 is 36.2 Å². The van der Waals surface area contributed by atoms with Gasteiger partial charge in [-0.3, -0.25) is 19.2 Å². The maximum absolute atomic E-state index is 14.8. The Balaban J connectivity index is 1.53. The summed E-state index contributed by atoms with van der Waals surface area (Å²) < 4.78 is 5.50. The normalized spacial score (nSPS) is 24.6. The van der Waals surface area contributed by atoms with Gasteiger partial charge in [0.2, 0.25) is 17.6 Å². The molecule has 0 aromatic heterocycles. The van der Waals surface area contributed by atoms with Crippen molar-refractivity contribution in [2.75, 3.05) is 26.2 Å². The molecule has 0 bridgehead atoms. The zero-order valence-corrected chi connectivity index (χ0v) is 32.5. The molecule has 0 aromatic carbocycles. The molecule has 6 atom stereocenters. The van der Waals surface area contributed by atoms with Crippen LogP contribution >= 0.6 is 0 Å². The van der Waals surface area contributed by atoms with Crippen molar-refractivity contribution in [1.82, 2.24) is 31.5 Å². The number of Topliss-reactive ketones (excluding diaryl/α,β-unsaturated/α-hetero) is 1. The summed E-state index contributed by atoms with van der Waals surface area (Å²) in [4.78, 5) is 82.6. The molecule has 4 fully saturated rings. The van der Waals surface area contributed by atoms with Crippen molar-refractivity contribution in [3.05, 3.63) is 12.7 Å². The van der Waals surface area contributed by atoms with Crippen LogP contribution in [-0.2, 0) is 23.9 Å². The van der Waals surface area contributed by atoms with Gasteiger partial charge in [-0.25, -0.2) is 9.59 Å². The molecule has 0 spiro atoms. The van der Waals surface area contributed by atoms with E-state index >= 15 is 0 Å². The lowest BCUT2D eigenvalue weighted by Crippen LogP contribution is -2.63. The first-order chi connectivity index (χ1) is 24.4. The number of hydrogen-bond donors (Lipinski definition) is 5. The molecule has 52 heavy (non-hydrogen) atoms. The number of amides is 6. The summed E-state index contributed by atoms with van der Waals surface area (Å²) >= 11 is 0. The van der Waals surface area contributed by atoms with E-state index in [1.54, 1.807) is 4.90 Å². The number of carbonyl (C=O) groups excluding carboxylic acids is 6. The van der Waals surface area contributed by atoms with E-state index in [0.717, 1.165) is 51.4 Å². The number of nitrogens with one attached hydrogen (secondary N) is 5. The van der Waals surface area contributed by atoms with Crippen LogP contribution in [0.4, 0.5) is 9.59 Å². The smallest absolute Gasteiger partial charge is 0.407 e. The van der Waals surface area contributed by atoms with Crippen LogP contribution in [0.15, 0.2) is 12.7 Å². The van der Waals surface area contributed by atoms with Crippen LogP contribution in [0.2, 0.25) is 0 Å². The Hall–Kier alpha value is -3.64. The van der Waals surface area contributed by atoms with Crippen molar-refractivity contribution in [3.8, 4) is 0 Å². The minimum absolute atomic E-state index is 0.0420. The van der Waals surface area contributed by atoms with Gasteiger partial charge in [-0.05, 0) is 66.1 Å². The van der Waals surface area contributed by atoms with Crippen molar-refractivity contribution in [2.24, 2.45) is 34.0 Å². The summed E-state index contributed by atoms with van der Waals surface area (Å²) in [5, 5.41) is 14.2. The number of alkyl carbamates (subject to hydrolysis) is 1. The topological polar surface area (TPSA) is 175 Å². The van der Waals surface area contributed by atoms with Gasteiger partial charge in [0.15, 0.2) is 0 Å². The first kappa shape index (κ1) is 41.1. The number of piperidine rings is 1. The summed E-state index contributed by atoms with van der Waals surface area (Å²) in [5.74, 6) is -1.85. The summed E-state index contributed by atoms with van der Waals surface area (Å²) in [6.45, 7) is 18.6. The lowest BCUT2D eigenvalue weighted by Gasteiger charge is -2.43. The van der Waals surface area contributed by atoms with E-state index in [-0.39, 0.29) is 36.3 Å². The SMILES string of the molecule is C=CCNC(=O)C(=O)C(CCCC)NC(=O)C1C2[C@H](CN1C(=O)[C@@H](NC(=O)NC(COC(=O)NCC1CC1)C(C)(C)C)C1(C)CCCCC1)C2(C)C. The Kier molecular flexibility index (Phi) is 13.4. The zero-order chi connectivity index (χ0) is 38.4. The third-order valence-electron chi connectivity index (χ3n) is 12.0. The van der Waals surface area contributed by atoms with Crippen LogP contribution in [-0.4, -0.2) is 90.9 Å². The second-order valence-corrected chi connectivity index (χ2v) is 17.6. The predicted molar refractivity (Wildman–Crippen MR) is 198 cm³/mol. The third kappa shape index (κ3) is 10.1. The van der Waals surface area contributed by atoms with E-state index in [0.29, 0.717) is 31.8 Å². The molecule has 4 aliphatic rings. The van der Waals surface area contributed by atoms with Gasteiger partial charge in [0.1, 0.15) is 18.7 Å². The van der Waals surface area contributed by atoms with Crippen LogP contribution in [0.25, 0.3) is 0 Å². The lowest BCUT2D eigenvalue weighted by atomic mass is 9.70. The molecule has 3 saturated carbocycles. The van der Waals surface area contributed by atoms with Crippen molar-refractivity contribution in [1.29, 1.82) is 0 Å². The number of ether oxygens (including phenoxy) is 1. The van der Waals surface area contributed by atoms with Crippen LogP contribution < -0.4 is 26.6 Å². The Bertz CT molecular complexity index is 1350. The van der Waals surface area contributed by atoms with Gasteiger partial charge in [0.25, 0.3) is 5.91 Å². The lowest BCUT2D eigenvalue weighted by molar-refractivity contribution is -0.146. The third-order valence-corrected chi connectivity index (χ3v) is 12.0. The van der Waals surface area contributed by atoms with Crippen molar-refractivity contribution >= 4 is 35.6 Å². The summed E-state index contributed by atoms with van der Waals surface area (Å²) in [6.07, 6.45) is 9.16. The molecule has 4 rings (SSSR count). The molecule has 1 saturated heterocycles. The number of fused-ring (bicyclic) bond motifs is 1. The number of unbranched alkanes of at least 4 members (excludes halogenated alkanes) is 1. The molecule has 0 aromatic rings. The number of ketones is 1.